The standard InChI is InChI=1S/C15H22N2O3/c1-15(6-4-3-5-7-15)16-11-12-8-13(17(18)19)10-14(9-12)20-2/h8-10,16H,3-7,11H2,1-2H3. The Balaban J connectivity index is 2.08. The Bertz CT molecular complexity index is 482. The zero-order chi connectivity index (χ0) is 14.6. The van der Waals surface area contributed by atoms with Gasteiger partial charge in [0.1, 0.15) is 5.75 Å². The Hall–Kier alpha value is -1.62. The number of methoxy groups -OCH3 is 1. The second-order valence-corrected chi connectivity index (χ2v) is 5.77. The fourth-order valence-corrected chi connectivity index (χ4v) is 2.79. The van der Waals surface area contributed by atoms with Crippen LogP contribution in [0.5, 0.6) is 5.75 Å². The van der Waals surface area contributed by atoms with Crippen molar-refractivity contribution < 1.29 is 9.66 Å². The average molecular weight is 278 g/mol. The summed E-state index contributed by atoms with van der Waals surface area (Å²) in [6.07, 6.45) is 6.14. The molecule has 5 nitrogen and oxygen atoms in total. The van der Waals surface area contributed by atoms with Crippen LogP contribution in [-0.4, -0.2) is 17.6 Å². The normalized spacial score (nSPS) is 17.7. The molecule has 0 heterocycles. The fourth-order valence-electron chi connectivity index (χ4n) is 2.79. The summed E-state index contributed by atoms with van der Waals surface area (Å²) in [7, 11) is 1.53. The number of ether oxygens (including phenoxy) is 1. The van der Waals surface area contributed by atoms with Gasteiger partial charge in [-0.25, -0.2) is 0 Å². The van der Waals surface area contributed by atoms with Crippen LogP contribution >= 0.6 is 0 Å². The summed E-state index contributed by atoms with van der Waals surface area (Å²) in [5.41, 5.74) is 1.12. The van der Waals surface area contributed by atoms with Crippen LogP contribution in [-0.2, 0) is 6.54 Å². The molecule has 0 aliphatic heterocycles. The molecule has 0 spiro atoms. The molecule has 0 aromatic heterocycles. The number of non-ortho nitro benzene ring substituents is 1. The molecular formula is C15H22N2O3. The van der Waals surface area contributed by atoms with Crippen molar-refractivity contribution in [2.75, 3.05) is 7.11 Å². The quantitative estimate of drug-likeness (QED) is 0.662. The predicted molar refractivity (Wildman–Crippen MR) is 78.0 cm³/mol. The summed E-state index contributed by atoms with van der Waals surface area (Å²) in [4.78, 5) is 10.5. The number of hydrogen-bond donors (Lipinski definition) is 1. The van der Waals surface area contributed by atoms with Gasteiger partial charge in [0.15, 0.2) is 0 Å². The molecule has 1 aromatic rings. The average Bonchev–Trinajstić information content (AvgIpc) is 2.45. The Kier molecular flexibility index (Phi) is 4.60. The van der Waals surface area contributed by atoms with Crippen molar-refractivity contribution >= 4 is 5.69 Å². The Morgan fingerprint density at radius 2 is 2.00 bits per heavy atom. The van der Waals surface area contributed by atoms with Crippen molar-refractivity contribution in [1.29, 1.82) is 0 Å². The zero-order valence-corrected chi connectivity index (χ0v) is 12.1. The Labute approximate surface area is 119 Å². The second-order valence-electron chi connectivity index (χ2n) is 5.77. The van der Waals surface area contributed by atoms with E-state index in [2.05, 4.69) is 12.2 Å². The fraction of sp³-hybridized carbons (Fsp3) is 0.600. The third-order valence-corrected chi connectivity index (χ3v) is 4.07. The third-order valence-electron chi connectivity index (χ3n) is 4.07. The molecule has 2 rings (SSSR count). The van der Waals surface area contributed by atoms with E-state index in [9.17, 15) is 10.1 Å². The minimum atomic E-state index is -0.381. The molecule has 1 N–H and O–H groups in total. The van der Waals surface area contributed by atoms with E-state index >= 15 is 0 Å². The highest BCUT2D eigenvalue weighted by atomic mass is 16.6. The molecule has 110 valence electrons. The van der Waals surface area contributed by atoms with Crippen LogP contribution in [0.3, 0.4) is 0 Å². The van der Waals surface area contributed by atoms with E-state index in [0.717, 1.165) is 5.56 Å². The first-order valence-electron chi connectivity index (χ1n) is 7.10. The van der Waals surface area contributed by atoms with Crippen LogP contribution in [0.15, 0.2) is 18.2 Å². The lowest BCUT2D eigenvalue weighted by molar-refractivity contribution is -0.385. The summed E-state index contributed by atoms with van der Waals surface area (Å²) in [5, 5.41) is 14.5. The van der Waals surface area contributed by atoms with E-state index in [1.807, 2.05) is 6.07 Å². The molecule has 20 heavy (non-hydrogen) atoms. The minimum Gasteiger partial charge on any atom is -0.496 e. The van der Waals surface area contributed by atoms with Crippen LogP contribution in [0.2, 0.25) is 0 Å². The Morgan fingerprint density at radius 1 is 1.30 bits per heavy atom. The smallest absolute Gasteiger partial charge is 0.273 e. The number of hydrogen-bond acceptors (Lipinski definition) is 4. The van der Waals surface area contributed by atoms with E-state index in [4.69, 9.17) is 4.74 Å². The number of rotatable bonds is 5. The molecule has 0 amide bonds. The van der Waals surface area contributed by atoms with Crippen molar-refractivity contribution in [3.05, 3.63) is 33.9 Å². The lowest BCUT2D eigenvalue weighted by Gasteiger charge is -2.34. The SMILES string of the molecule is COc1cc(CNC2(C)CCCCC2)cc([N+](=O)[O-])c1. The van der Waals surface area contributed by atoms with Crippen LogP contribution in [0.4, 0.5) is 5.69 Å². The molecule has 0 unspecified atom stereocenters. The largest absolute Gasteiger partial charge is 0.496 e. The first-order valence-corrected chi connectivity index (χ1v) is 7.10. The molecular weight excluding hydrogens is 256 g/mol. The van der Waals surface area contributed by atoms with Crippen molar-refractivity contribution in [3.63, 3.8) is 0 Å². The first-order chi connectivity index (χ1) is 9.52. The minimum absolute atomic E-state index is 0.0787. The molecule has 1 aliphatic rings. The molecule has 1 aromatic carbocycles. The third kappa shape index (κ3) is 3.70. The molecule has 0 saturated heterocycles. The number of nitrogens with one attached hydrogen (secondary N) is 1. The Morgan fingerprint density at radius 3 is 2.60 bits per heavy atom. The molecule has 1 aliphatic carbocycles. The van der Waals surface area contributed by atoms with E-state index < -0.39 is 0 Å². The van der Waals surface area contributed by atoms with Crippen molar-refractivity contribution in [1.82, 2.24) is 5.32 Å². The highest BCUT2D eigenvalue weighted by Gasteiger charge is 2.26. The van der Waals surface area contributed by atoms with Gasteiger partial charge in [0.05, 0.1) is 18.1 Å². The number of nitro benzene ring substituents is 1. The number of nitro groups is 1. The maximum atomic E-state index is 10.9. The molecule has 0 bridgehead atoms. The summed E-state index contributed by atoms with van der Waals surface area (Å²) in [5.74, 6) is 0.532. The van der Waals surface area contributed by atoms with Crippen molar-refractivity contribution in [2.45, 2.75) is 51.1 Å². The van der Waals surface area contributed by atoms with Gasteiger partial charge in [-0.05, 0) is 31.4 Å². The van der Waals surface area contributed by atoms with Gasteiger partial charge in [-0.1, -0.05) is 19.3 Å². The van der Waals surface area contributed by atoms with Gasteiger partial charge < -0.3 is 10.1 Å². The predicted octanol–water partition coefficient (Wildman–Crippen LogP) is 3.42. The number of benzene rings is 1. The lowest BCUT2D eigenvalue weighted by atomic mass is 9.83. The lowest BCUT2D eigenvalue weighted by Crippen LogP contribution is -2.43. The van der Waals surface area contributed by atoms with E-state index in [0.29, 0.717) is 12.3 Å². The summed E-state index contributed by atoms with van der Waals surface area (Å²) >= 11 is 0. The summed E-state index contributed by atoms with van der Waals surface area (Å²) in [6.45, 7) is 2.87. The second kappa shape index (κ2) is 6.22. The van der Waals surface area contributed by atoms with E-state index in [-0.39, 0.29) is 16.1 Å². The van der Waals surface area contributed by atoms with Crippen molar-refractivity contribution in [2.24, 2.45) is 0 Å². The molecule has 5 heteroatoms. The van der Waals surface area contributed by atoms with Crippen molar-refractivity contribution in [3.8, 4) is 5.75 Å². The molecule has 1 fully saturated rings. The highest BCUT2D eigenvalue weighted by molar-refractivity contribution is 5.42. The highest BCUT2D eigenvalue weighted by Crippen LogP contribution is 2.28. The van der Waals surface area contributed by atoms with Crippen LogP contribution in [0.1, 0.15) is 44.6 Å². The summed E-state index contributed by atoms with van der Waals surface area (Å²) in [6, 6.07) is 4.92. The maximum absolute atomic E-state index is 10.9. The van der Waals surface area contributed by atoms with Gasteiger partial charge in [0.25, 0.3) is 5.69 Å². The van der Waals surface area contributed by atoms with Gasteiger partial charge >= 0.3 is 0 Å². The van der Waals surface area contributed by atoms with Crippen LogP contribution in [0.25, 0.3) is 0 Å². The van der Waals surface area contributed by atoms with Gasteiger partial charge in [0.2, 0.25) is 0 Å². The van der Waals surface area contributed by atoms with Gasteiger partial charge in [-0.15, -0.1) is 0 Å². The van der Waals surface area contributed by atoms with Crippen LogP contribution < -0.4 is 10.1 Å². The maximum Gasteiger partial charge on any atom is 0.273 e. The van der Waals surface area contributed by atoms with E-state index in [1.165, 1.54) is 45.3 Å². The molecule has 1 saturated carbocycles. The zero-order valence-electron chi connectivity index (χ0n) is 12.1. The number of nitrogens with zero attached hydrogens (tertiary/aromatic N) is 1. The topological polar surface area (TPSA) is 64.4 Å². The van der Waals surface area contributed by atoms with Crippen LogP contribution in [0, 0.1) is 10.1 Å². The van der Waals surface area contributed by atoms with Gasteiger partial charge in [0, 0.05) is 18.2 Å². The van der Waals surface area contributed by atoms with Gasteiger partial charge in [-0.2, -0.15) is 0 Å². The molecule has 0 radical (unpaired) electrons. The molecule has 0 atom stereocenters. The summed E-state index contributed by atoms with van der Waals surface area (Å²) < 4.78 is 5.13. The van der Waals surface area contributed by atoms with E-state index in [1.54, 1.807) is 6.07 Å². The monoisotopic (exact) mass is 278 g/mol. The first kappa shape index (κ1) is 14.8. The van der Waals surface area contributed by atoms with Gasteiger partial charge in [-0.3, -0.25) is 10.1 Å².